The predicted molar refractivity (Wildman–Crippen MR) is 160 cm³/mol. The number of nitrogens with one attached hydrogen (secondary N) is 2. The summed E-state index contributed by atoms with van der Waals surface area (Å²) < 4.78 is 12.8. The minimum absolute atomic E-state index is 0.00781. The molecule has 1 saturated carbocycles. The van der Waals surface area contributed by atoms with Crippen LogP contribution in [0.25, 0.3) is 11.0 Å². The largest absolute Gasteiger partial charge is 0.496 e. The smallest absolute Gasteiger partial charge is 0.410 e. The second-order valence-corrected chi connectivity index (χ2v) is 12.1. The number of rotatable bonds is 5. The number of carbonyl (C=O) groups excluding carboxylic acids is 2. The number of ether oxygens (including phenoxy) is 2. The first-order valence-corrected chi connectivity index (χ1v) is 14.5. The van der Waals surface area contributed by atoms with E-state index in [-0.39, 0.29) is 29.6 Å². The van der Waals surface area contributed by atoms with Gasteiger partial charge in [-0.1, -0.05) is 12.1 Å². The number of H-pyrrole nitrogens is 1. The normalized spacial score (nSPS) is 19.7. The first-order chi connectivity index (χ1) is 19.5. The standard InChI is InChI=1S/C31H41N5O5/c1-20-9-12-22(19-26(20)40-5)32-28(37)21-10-13-23(14-11-21)36-25-8-6-7-24(27(25)33-29(36)38)34-15-17-35(18-16-34)30(39)41-31(2,3)4/h6-9,12,19,21,23H,10-11,13-18H2,1-5H3,(H,32,37)(H,33,38). The van der Waals surface area contributed by atoms with E-state index < -0.39 is 5.60 Å². The van der Waals surface area contributed by atoms with E-state index >= 15 is 0 Å². The highest BCUT2D eigenvalue weighted by Gasteiger charge is 2.31. The van der Waals surface area contributed by atoms with Gasteiger partial charge in [-0.2, -0.15) is 0 Å². The Labute approximate surface area is 240 Å². The van der Waals surface area contributed by atoms with Crippen LogP contribution in [0.2, 0.25) is 0 Å². The highest BCUT2D eigenvalue weighted by Crippen LogP contribution is 2.35. The van der Waals surface area contributed by atoms with Crippen LogP contribution in [0.1, 0.15) is 58.1 Å². The Balaban J connectivity index is 1.24. The van der Waals surface area contributed by atoms with E-state index in [0.717, 1.165) is 46.6 Å². The van der Waals surface area contributed by atoms with Crippen molar-refractivity contribution in [2.45, 2.75) is 65.0 Å². The number of nitrogens with zero attached hydrogens (tertiary/aromatic N) is 3. The molecule has 0 unspecified atom stereocenters. The minimum Gasteiger partial charge on any atom is -0.496 e. The van der Waals surface area contributed by atoms with Gasteiger partial charge in [-0.25, -0.2) is 9.59 Å². The first-order valence-electron chi connectivity index (χ1n) is 14.5. The Kier molecular flexibility index (Phi) is 8.02. The number of aromatic nitrogens is 2. The molecule has 2 fully saturated rings. The maximum absolute atomic E-state index is 13.2. The predicted octanol–water partition coefficient (Wildman–Crippen LogP) is 5.07. The molecule has 2 aromatic carbocycles. The van der Waals surface area contributed by atoms with Gasteiger partial charge in [0.05, 0.1) is 23.8 Å². The lowest BCUT2D eigenvalue weighted by atomic mass is 9.85. The van der Waals surface area contributed by atoms with Gasteiger partial charge in [0.25, 0.3) is 0 Å². The van der Waals surface area contributed by atoms with E-state index in [1.165, 1.54) is 0 Å². The first kappa shape index (κ1) is 28.6. The lowest BCUT2D eigenvalue weighted by Crippen LogP contribution is -2.50. The number of carbonyl (C=O) groups is 2. The summed E-state index contributed by atoms with van der Waals surface area (Å²) in [6, 6.07) is 11.7. The molecule has 1 aliphatic carbocycles. The monoisotopic (exact) mass is 563 g/mol. The van der Waals surface area contributed by atoms with Crippen molar-refractivity contribution in [1.82, 2.24) is 14.5 Å². The zero-order valence-corrected chi connectivity index (χ0v) is 24.7. The molecule has 0 spiro atoms. The topological polar surface area (TPSA) is 109 Å². The van der Waals surface area contributed by atoms with Gasteiger partial charge in [-0.15, -0.1) is 0 Å². The molecule has 220 valence electrons. The van der Waals surface area contributed by atoms with Crippen molar-refractivity contribution >= 4 is 34.4 Å². The fourth-order valence-corrected chi connectivity index (χ4v) is 5.95. The number of aromatic amines is 1. The molecule has 41 heavy (non-hydrogen) atoms. The third kappa shape index (κ3) is 6.21. The minimum atomic E-state index is -0.527. The number of methoxy groups -OCH3 is 1. The van der Waals surface area contributed by atoms with E-state index in [1.807, 2.05) is 68.7 Å². The van der Waals surface area contributed by atoms with Crippen LogP contribution in [0.3, 0.4) is 0 Å². The summed E-state index contributed by atoms with van der Waals surface area (Å²) in [7, 11) is 1.62. The van der Waals surface area contributed by atoms with Gasteiger partial charge in [0.15, 0.2) is 0 Å². The summed E-state index contributed by atoms with van der Waals surface area (Å²) in [6.07, 6.45) is 2.63. The van der Waals surface area contributed by atoms with Crippen LogP contribution in [0.5, 0.6) is 5.75 Å². The molecule has 2 aliphatic rings. The van der Waals surface area contributed by atoms with E-state index in [2.05, 4.69) is 15.2 Å². The number of hydrogen-bond donors (Lipinski definition) is 2. The van der Waals surface area contributed by atoms with Crippen LogP contribution in [-0.2, 0) is 9.53 Å². The molecule has 0 atom stereocenters. The summed E-state index contributed by atoms with van der Waals surface area (Å²) in [5.74, 6) is 0.652. The zero-order chi connectivity index (χ0) is 29.3. The lowest BCUT2D eigenvalue weighted by molar-refractivity contribution is -0.121. The van der Waals surface area contributed by atoms with Crippen molar-refractivity contribution < 1.29 is 19.1 Å². The van der Waals surface area contributed by atoms with Crippen LogP contribution in [0, 0.1) is 12.8 Å². The fourth-order valence-electron chi connectivity index (χ4n) is 5.95. The van der Waals surface area contributed by atoms with E-state index in [9.17, 15) is 14.4 Å². The van der Waals surface area contributed by atoms with Crippen molar-refractivity contribution in [2.24, 2.45) is 5.92 Å². The fraction of sp³-hybridized carbons (Fsp3) is 0.516. The summed E-state index contributed by atoms with van der Waals surface area (Å²) in [5, 5.41) is 3.04. The lowest BCUT2D eigenvalue weighted by Gasteiger charge is -2.37. The van der Waals surface area contributed by atoms with Crippen molar-refractivity contribution in [3.8, 4) is 5.75 Å². The van der Waals surface area contributed by atoms with E-state index in [0.29, 0.717) is 39.0 Å². The Morgan fingerprint density at radius 1 is 1.00 bits per heavy atom. The van der Waals surface area contributed by atoms with Crippen LogP contribution < -0.4 is 20.6 Å². The molecule has 10 heteroatoms. The highest BCUT2D eigenvalue weighted by atomic mass is 16.6. The molecule has 1 aromatic heterocycles. The molecule has 2 amide bonds. The van der Waals surface area contributed by atoms with Crippen LogP contribution in [0.15, 0.2) is 41.2 Å². The summed E-state index contributed by atoms with van der Waals surface area (Å²) in [5.41, 5.74) is 3.75. The quantitative estimate of drug-likeness (QED) is 0.449. The number of piperazine rings is 1. The van der Waals surface area contributed by atoms with Gasteiger partial charge in [0.2, 0.25) is 5.91 Å². The molecule has 2 heterocycles. The molecule has 10 nitrogen and oxygen atoms in total. The average Bonchev–Trinajstić information content (AvgIpc) is 3.29. The second-order valence-electron chi connectivity index (χ2n) is 12.1. The molecule has 2 N–H and O–H groups in total. The molecule has 1 saturated heterocycles. The molecule has 3 aromatic rings. The SMILES string of the molecule is COc1cc(NC(=O)C2CCC(n3c(=O)[nH]c4c(N5CCN(C(=O)OC(C)(C)C)CC5)cccc43)CC2)ccc1C. The maximum Gasteiger partial charge on any atom is 0.410 e. The second kappa shape index (κ2) is 11.5. The van der Waals surface area contributed by atoms with Gasteiger partial charge in [-0.3, -0.25) is 9.36 Å². The number of fused-ring (bicyclic) bond motifs is 1. The third-order valence-corrected chi connectivity index (χ3v) is 8.11. The third-order valence-electron chi connectivity index (χ3n) is 8.11. The van der Waals surface area contributed by atoms with E-state index in [1.54, 1.807) is 12.0 Å². The van der Waals surface area contributed by atoms with Crippen molar-refractivity contribution in [3.05, 3.63) is 52.4 Å². The Morgan fingerprint density at radius 3 is 2.37 bits per heavy atom. The number of anilines is 2. The number of imidazole rings is 1. The molecule has 0 bridgehead atoms. The molecule has 0 radical (unpaired) electrons. The van der Waals surface area contributed by atoms with Crippen LogP contribution >= 0.6 is 0 Å². The Bertz CT molecular complexity index is 1470. The summed E-state index contributed by atoms with van der Waals surface area (Å²) in [6.45, 7) is 9.98. The average molecular weight is 564 g/mol. The number of amides is 2. The van der Waals surface area contributed by atoms with Gasteiger partial charge < -0.3 is 29.6 Å². The molecule has 1 aliphatic heterocycles. The Hall–Kier alpha value is -3.95. The van der Waals surface area contributed by atoms with Crippen molar-refractivity contribution in [1.29, 1.82) is 0 Å². The van der Waals surface area contributed by atoms with Crippen molar-refractivity contribution in [3.63, 3.8) is 0 Å². The maximum atomic E-state index is 13.2. The number of benzene rings is 2. The van der Waals surface area contributed by atoms with Gasteiger partial charge >= 0.3 is 11.8 Å². The number of aryl methyl sites for hydroxylation is 1. The Morgan fingerprint density at radius 2 is 1.71 bits per heavy atom. The molecular formula is C31H41N5O5. The summed E-state index contributed by atoms with van der Waals surface area (Å²) in [4.78, 5) is 45.8. The van der Waals surface area contributed by atoms with Crippen LogP contribution in [-0.4, -0.2) is 65.3 Å². The highest BCUT2D eigenvalue weighted by molar-refractivity contribution is 5.93. The number of hydrogen-bond acceptors (Lipinski definition) is 6. The summed E-state index contributed by atoms with van der Waals surface area (Å²) >= 11 is 0. The van der Waals surface area contributed by atoms with Gasteiger partial charge in [-0.05, 0) is 77.1 Å². The van der Waals surface area contributed by atoms with E-state index in [4.69, 9.17) is 9.47 Å². The van der Waals surface area contributed by atoms with Gasteiger partial charge in [0, 0.05) is 49.9 Å². The zero-order valence-electron chi connectivity index (χ0n) is 24.7. The van der Waals surface area contributed by atoms with Gasteiger partial charge in [0.1, 0.15) is 11.4 Å². The molecule has 5 rings (SSSR count). The molecular weight excluding hydrogens is 522 g/mol. The van der Waals surface area contributed by atoms with Crippen molar-refractivity contribution in [2.75, 3.05) is 43.5 Å². The number of para-hydroxylation sites is 1. The van der Waals surface area contributed by atoms with Crippen LogP contribution in [0.4, 0.5) is 16.2 Å².